The third-order valence-corrected chi connectivity index (χ3v) is 6.37. The van der Waals surface area contributed by atoms with Gasteiger partial charge in [-0.2, -0.15) is 0 Å². The predicted molar refractivity (Wildman–Crippen MR) is 133 cm³/mol. The number of carbonyl (C=O) groups is 1. The summed E-state index contributed by atoms with van der Waals surface area (Å²) in [6.07, 6.45) is 2.64. The first kappa shape index (κ1) is 23.0. The summed E-state index contributed by atoms with van der Waals surface area (Å²) in [6.45, 7) is 5.70. The van der Waals surface area contributed by atoms with Gasteiger partial charge in [-0.05, 0) is 24.3 Å². The number of nitrogens with one attached hydrogen (secondary N) is 1. The third-order valence-electron chi connectivity index (χ3n) is 6.37. The zero-order valence-corrected chi connectivity index (χ0v) is 19.5. The molecule has 1 N–H and O–H groups in total. The van der Waals surface area contributed by atoms with E-state index in [1.807, 2.05) is 41.3 Å². The summed E-state index contributed by atoms with van der Waals surface area (Å²) in [7, 11) is 1.81. The molecule has 2 aliphatic rings. The zero-order chi connectivity index (χ0) is 22.9. The Morgan fingerprint density at radius 2 is 1.55 bits per heavy atom. The molecule has 0 aliphatic carbocycles. The lowest BCUT2D eigenvalue weighted by Gasteiger charge is -2.36. The summed E-state index contributed by atoms with van der Waals surface area (Å²) < 4.78 is 6.09. The number of aliphatic imine (C=N–C) groups is 1. The van der Waals surface area contributed by atoms with E-state index in [-0.39, 0.29) is 12.0 Å². The number of likely N-dealkylation sites (tertiary alicyclic amines) is 1. The van der Waals surface area contributed by atoms with Gasteiger partial charge in [-0.1, -0.05) is 36.4 Å². The van der Waals surface area contributed by atoms with Crippen molar-refractivity contribution in [3.63, 3.8) is 0 Å². The Hall–Kier alpha value is -3.22. The number of piperazine rings is 1. The summed E-state index contributed by atoms with van der Waals surface area (Å²) in [5.74, 6) is 2.01. The van der Waals surface area contributed by atoms with Gasteiger partial charge in [0.25, 0.3) is 0 Å². The van der Waals surface area contributed by atoms with Crippen LogP contribution in [-0.2, 0) is 4.79 Å². The minimum atomic E-state index is 0.209. The molecular formula is C26H35N5O2. The molecule has 7 heteroatoms. The SMILES string of the molecule is CN=C(NCCC(=O)N1CCN(c2ccccc2)CC1)N1CCC(Oc2ccccc2)CC1. The first-order valence-corrected chi connectivity index (χ1v) is 12.0. The van der Waals surface area contributed by atoms with Crippen molar-refractivity contribution in [1.29, 1.82) is 0 Å². The molecule has 2 aromatic carbocycles. The Morgan fingerprint density at radius 3 is 2.18 bits per heavy atom. The molecule has 0 saturated carbocycles. The lowest BCUT2D eigenvalue weighted by molar-refractivity contribution is -0.131. The van der Waals surface area contributed by atoms with E-state index in [1.165, 1.54) is 5.69 Å². The second-order valence-corrected chi connectivity index (χ2v) is 8.54. The molecule has 0 radical (unpaired) electrons. The van der Waals surface area contributed by atoms with Crippen molar-refractivity contribution in [1.82, 2.24) is 15.1 Å². The molecule has 0 unspecified atom stereocenters. The molecule has 2 heterocycles. The van der Waals surface area contributed by atoms with Crippen LogP contribution < -0.4 is 15.0 Å². The Labute approximate surface area is 197 Å². The molecule has 2 aromatic rings. The molecule has 0 atom stereocenters. The fourth-order valence-electron chi connectivity index (χ4n) is 4.50. The average Bonchev–Trinajstić information content (AvgIpc) is 2.88. The van der Waals surface area contributed by atoms with Crippen LogP contribution in [0, 0.1) is 0 Å². The number of amides is 1. The lowest BCUT2D eigenvalue weighted by Crippen LogP contribution is -2.50. The molecule has 0 aromatic heterocycles. The number of rotatable bonds is 6. The fraction of sp³-hybridized carbons (Fsp3) is 0.462. The van der Waals surface area contributed by atoms with Gasteiger partial charge in [0.2, 0.25) is 5.91 Å². The summed E-state index contributed by atoms with van der Waals surface area (Å²) in [5, 5.41) is 3.39. The average molecular weight is 450 g/mol. The van der Waals surface area contributed by atoms with Gasteiger partial charge in [0.1, 0.15) is 11.9 Å². The van der Waals surface area contributed by atoms with Crippen LogP contribution in [0.2, 0.25) is 0 Å². The number of ether oxygens (including phenoxy) is 1. The molecule has 176 valence electrons. The van der Waals surface area contributed by atoms with Gasteiger partial charge in [-0.15, -0.1) is 0 Å². The zero-order valence-electron chi connectivity index (χ0n) is 19.5. The molecule has 33 heavy (non-hydrogen) atoms. The first-order chi connectivity index (χ1) is 16.2. The number of hydrogen-bond donors (Lipinski definition) is 1. The normalized spacial score (nSPS) is 17.7. The highest BCUT2D eigenvalue weighted by Crippen LogP contribution is 2.19. The lowest BCUT2D eigenvalue weighted by atomic mass is 10.1. The second-order valence-electron chi connectivity index (χ2n) is 8.54. The van der Waals surface area contributed by atoms with E-state index in [2.05, 4.69) is 44.4 Å². The Morgan fingerprint density at radius 1 is 0.909 bits per heavy atom. The van der Waals surface area contributed by atoms with Crippen molar-refractivity contribution in [3.05, 3.63) is 60.7 Å². The van der Waals surface area contributed by atoms with Crippen LogP contribution in [0.15, 0.2) is 65.7 Å². The van der Waals surface area contributed by atoms with Crippen LogP contribution in [0.5, 0.6) is 5.75 Å². The third kappa shape index (κ3) is 6.40. The van der Waals surface area contributed by atoms with Gasteiger partial charge < -0.3 is 24.8 Å². The van der Waals surface area contributed by atoms with Gasteiger partial charge in [0, 0.05) is 77.8 Å². The topological polar surface area (TPSA) is 60.4 Å². The molecular weight excluding hydrogens is 414 g/mol. The highest BCUT2D eigenvalue weighted by molar-refractivity contribution is 5.81. The number of guanidine groups is 1. The highest BCUT2D eigenvalue weighted by Gasteiger charge is 2.24. The van der Waals surface area contributed by atoms with E-state index in [1.54, 1.807) is 7.05 Å². The number of hydrogen-bond acceptors (Lipinski definition) is 4. The molecule has 4 rings (SSSR count). The maximum absolute atomic E-state index is 12.7. The molecule has 0 bridgehead atoms. The Balaban J connectivity index is 1.15. The Kier molecular flexibility index (Phi) is 8.06. The molecule has 0 spiro atoms. The van der Waals surface area contributed by atoms with Crippen LogP contribution >= 0.6 is 0 Å². The minimum Gasteiger partial charge on any atom is -0.490 e. The van der Waals surface area contributed by atoms with Crippen molar-refractivity contribution >= 4 is 17.6 Å². The summed E-state index contributed by atoms with van der Waals surface area (Å²) in [4.78, 5) is 23.7. The van der Waals surface area contributed by atoms with Crippen molar-refractivity contribution in [2.75, 3.05) is 57.8 Å². The largest absolute Gasteiger partial charge is 0.490 e. The van der Waals surface area contributed by atoms with Gasteiger partial charge in [0.05, 0.1) is 0 Å². The maximum Gasteiger partial charge on any atom is 0.224 e. The van der Waals surface area contributed by atoms with E-state index >= 15 is 0 Å². The summed E-state index contributed by atoms with van der Waals surface area (Å²) >= 11 is 0. The van der Waals surface area contributed by atoms with Gasteiger partial charge in [0.15, 0.2) is 5.96 Å². The monoisotopic (exact) mass is 449 g/mol. The van der Waals surface area contributed by atoms with Crippen LogP contribution in [0.4, 0.5) is 5.69 Å². The molecule has 7 nitrogen and oxygen atoms in total. The van der Waals surface area contributed by atoms with Crippen LogP contribution in [0.3, 0.4) is 0 Å². The van der Waals surface area contributed by atoms with E-state index in [4.69, 9.17) is 4.74 Å². The van der Waals surface area contributed by atoms with Crippen molar-refractivity contribution in [2.24, 2.45) is 4.99 Å². The molecule has 1 amide bonds. The second kappa shape index (κ2) is 11.6. The number of benzene rings is 2. The Bertz CT molecular complexity index is 889. The van der Waals surface area contributed by atoms with Gasteiger partial charge >= 0.3 is 0 Å². The quantitative estimate of drug-likeness (QED) is 0.543. The first-order valence-electron chi connectivity index (χ1n) is 12.0. The van der Waals surface area contributed by atoms with Crippen LogP contribution in [0.1, 0.15) is 19.3 Å². The molecule has 2 fully saturated rings. The van der Waals surface area contributed by atoms with Crippen molar-refractivity contribution < 1.29 is 9.53 Å². The van der Waals surface area contributed by atoms with Gasteiger partial charge in [-0.25, -0.2) is 0 Å². The maximum atomic E-state index is 12.7. The number of carbonyl (C=O) groups excluding carboxylic acids is 1. The summed E-state index contributed by atoms with van der Waals surface area (Å²) in [5.41, 5.74) is 1.23. The standard InChI is InChI=1S/C26H35N5O2/c1-27-26(31-16-13-24(14-17-31)33-23-10-6-3-7-11-23)28-15-12-25(32)30-20-18-29(19-21-30)22-8-4-2-5-9-22/h2-11,24H,12-21H2,1H3,(H,27,28). The van der Waals surface area contributed by atoms with E-state index in [0.717, 1.165) is 63.8 Å². The number of para-hydroxylation sites is 2. The fourth-order valence-corrected chi connectivity index (χ4v) is 4.50. The minimum absolute atomic E-state index is 0.209. The van der Waals surface area contributed by atoms with E-state index < -0.39 is 0 Å². The van der Waals surface area contributed by atoms with Crippen molar-refractivity contribution in [3.8, 4) is 5.75 Å². The van der Waals surface area contributed by atoms with Crippen LogP contribution in [0.25, 0.3) is 0 Å². The smallest absolute Gasteiger partial charge is 0.224 e. The number of piperidine rings is 1. The van der Waals surface area contributed by atoms with Gasteiger partial charge in [-0.3, -0.25) is 9.79 Å². The summed E-state index contributed by atoms with van der Waals surface area (Å²) in [6, 6.07) is 20.4. The van der Waals surface area contributed by atoms with E-state index in [0.29, 0.717) is 13.0 Å². The number of nitrogens with zero attached hydrogens (tertiary/aromatic N) is 4. The molecule has 2 aliphatic heterocycles. The molecule has 2 saturated heterocycles. The predicted octanol–water partition coefficient (Wildman–Crippen LogP) is 2.84. The number of anilines is 1. The highest BCUT2D eigenvalue weighted by atomic mass is 16.5. The van der Waals surface area contributed by atoms with Crippen molar-refractivity contribution in [2.45, 2.75) is 25.4 Å². The van der Waals surface area contributed by atoms with Crippen LogP contribution in [-0.4, -0.2) is 80.6 Å². The van der Waals surface area contributed by atoms with E-state index in [9.17, 15) is 4.79 Å².